The number of hydrogen-bond donors (Lipinski definition) is 0. The molecule has 0 aromatic rings. The van der Waals surface area contributed by atoms with Crippen LogP contribution < -0.4 is 0 Å². The van der Waals surface area contributed by atoms with Gasteiger partial charge in [-0.15, -0.1) is 0 Å². The van der Waals surface area contributed by atoms with Crippen molar-refractivity contribution in [1.29, 1.82) is 0 Å². The highest BCUT2D eigenvalue weighted by atomic mass is 16.2. The van der Waals surface area contributed by atoms with E-state index in [0.29, 0.717) is 12.6 Å². The number of likely N-dealkylation sites (N-methyl/N-ethyl adjacent to an activating group) is 1. The van der Waals surface area contributed by atoms with Gasteiger partial charge in [0.25, 0.3) is 0 Å². The number of hydrogen-bond acceptors (Lipinski definition) is 3. The lowest BCUT2D eigenvalue weighted by molar-refractivity contribution is -0.135. The second-order valence-corrected chi connectivity index (χ2v) is 5.97. The van der Waals surface area contributed by atoms with Crippen molar-refractivity contribution in [2.75, 3.05) is 20.1 Å². The molecule has 0 aromatic carbocycles. The molecular formula is C15H26N2O2. The molecule has 1 aliphatic heterocycles. The Labute approximate surface area is 116 Å². The van der Waals surface area contributed by atoms with Gasteiger partial charge < -0.3 is 9.69 Å². The van der Waals surface area contributed by atoms with E-state index in [2.05, 4.69) is 4.90 Å². The summed E-state index contributed by atoms with van der Waals surface area (Å²) >= 11 is 0. The number of aldehydes is 1. The Bertz CT molecular complexity index is 313. The first-order valence-electron chi connectivity index (χ1n) is 7.67. The molecule has 4 nitrogen and oxygen atoms in total. The Morgan fingerprint density at radius 3 is 2.53 bits per heavy atom. The number of amides is 1. The van der Waals surface area contributed by atoms with Crippen LogP contribution in [0.4, 0.5) is 0 Å². The van der Waals surface area contributed by atoms with Gasteiger partial charge in [-0.1, -0.05) is 25.7 Å². The fourth-order valence-electron chi connectivity index (χ4n) is 3.32. The molecular weight excluding hydrogens is 240 g/mol. The smallest absolute Gasteiger partial charge is 0.236 e. The molecule has 4 heteroatoms. The first-order valence-corrected chi connectivity index (χ1v) is 7.67. The Hall–Kier alpha value is -0.900. The molecule has 2 rings (SSSR count). The fourth-order valence-corrected chi connectivity index (χ4v) is 3.32. The van der Waals surface area contributed by atoms with Crippen LogP contribution >= 0.6 is 0 Å². The third kappa shape index (κ3) is 3.78. The first kappa shape index (κ1) is 14.5. The molecule has 1 unspecified atom stereocenters. The summed E-state index contributed by atoms with van der Waals surface area (Å²) in [6.07, 6.45) is 10.2. The molecule has 2 fully saturated rings. The maximum atomic E-state index is 12.3. The van der Waals surface area contributed by atoms with Gasteiger partial charge in [0.15, 0.2) is 0 Å². The number of carbonyl (C=O) groups is 2. The SMILES string of the molecule is CN(C(=O)CN1CCCCC1C=O)C1CCCCC1. The van der Waals surface area contributed by atoms with Gasteiger partial charge in [-0.25, -0.2) is 0 Å². The summed E-state index contributed by atoms with van der Waals surface area (Å²) in [5, 5.41) is 0. The van der Waals surface area contributed by atoms with E-state index in [-0.39, 0.29) is 11.9 Å². The third-order valence-corrected chi connectivity index (χ3v) is 4.68. The van der Waals surface area contributed by atoms with Crippen molar-refractivity contribution in [2.45, 2.75) is 63.5 Å². The normalized spacial score (nSPS) is 26.1. The van der Waals surface area contributed by atoms with Gasteiger partial charge >= 0.3 is 0 Å². The van der Waals surface area contributed by atoms with E-state index in [0.717, 1.165) is 44.9 Å². The van der Waals surface area contributed by atoms with E-state index in [4.69, 9.17) is 0 Å². The van der Waals surface area contributed by atoms with Crippen molar-refractivity contribution in [3.8, 4) is 0 Å². The summed E-state index contributed by atoms with van der Waals surface area (Å²) in [5.74, 6) is 0.181. The van der Waals surface area contributed by atoms with Gasteiger partial charge in [0, 0.05) is 13.1 Å². The Morgan fingerprint density at radius 2 is 1.84 bits per heavy atom. The summed E-state index contributed by atoms with van der Waals surface area (Å²) in [4.78, 5) is 27.4. The summed E-state index contributed by atoms with van der Waals surface area (Å²) in [6.45, 7) is 1.30. The van der Waals surface area contributed by atoms with Gasteiger partial charge in [0.2, 0.25) is 5.91 Å². The Balaban J connectivity index is 1.86. The summed E-state index contributed by atoms with van der Waals surface area (Å²) in [5.41, 5.74) is 0. The van der Waals surface area contributed by atoms with Crippen LogP contribution in [0.15, 0.2) is 0 Å². The van der Waals surface area contributed by atoms with Gasteiger partial charge in [0.05, 0.1) is 12.6 Å². The molecule has 0 aromatic heterocycles. The minimum absolute atomic E-state index is 0.0440. The molecule has 1 saturated heterocycles. The van der Waals surface area contributed by atoms with E-state index in [1.54, 1.807) is 0 Å². The van der Waals surface area contributed by atoms with Crippen molar-refractivity contribution < 1.29 is 9.59 Å². The van der Waals surface area contributed by atoms with E-state index in [1.165, 1.54) is 19.3 Å². The van der Waals surface area contributed by atoms with Crippen LogP contribution in [0, 0.1) is 0 Å². The minimum Gasteiger partial charge on any atom is -0.342 e. The average Bonchev–Trinajstić information content (AvgIpc) is 2.48. The van der Waals surface area contributed by atoms with Crippen LogP contribution in [0.25, 0.3) is 0 Å². The van der Waals surface area contributed by atoms with Crippen molar-refractivity contribution in [2.24, 2.45) is 0 Å². The number of carbonyl (C=O) groups excluding carboxylic acids is 2. The topological polar surface area (TPSA) is 40.6 Å². The Morgan fingerprint density at radius 1 is 1.16 bits per heavy atom. The number of rotatable bonds is 4. The molecule has 0 N–H and O–H groups in total. The van der Waals surface area contributed by atoms with Crippen LogP contribution in [0.5, 0.6) is 0 Å². The lowest BCUT2D eigenvalue weighted by Gasteiger charge is -2.36. The monoisotopic (exact) mass is 266 g/mol. The number of likely N-dealkylation sites (tertiary alicyclic amines) is 1. The van der Waals surface area contributed by atoms with E-state index < -0.39 is 0 Å². The van der Waals surface area contributed by atoms with E-state index in [9.17, 15) is 9.59 Å². The van der Waals surface area contributed by atoms with Crippen molar-refractivity contribution in [1.82, 2.24) is 9.80 Å². The van der Waals surface area contributed by atoms with Crippen LogP contribution in [-0.4, -0.2) is 54.2 Å². The summed E-state index contributed by atoms with van der Waals surface area (Å²) in [7, 11) is 1.93. The molecule has 0 spiro atoms. The molecule has 1 amide bonds. The highest BCUT2D eigenvalue weighted by Gasteiger charge is 2.27. The zero-order valence-electron chi connectivity index (χ0n) is 12.0. The average molecular weight is 266 g/mol. The standard InChI is InChI=1S/C15H26N2O2/c1-16(13-7-3-2-4-8-13)15(19)11-17-10-6-5-9-14(17)12-18/h12-14H,2-11H2,1H3. The van der Waals surface area contributed by atoms with Crippen LogP contribution in [0.1, 0.15) is 51.4 Å². The molecule has 1 saturated carbocycles. The molecule has 0 radical (unpaired) electrons. The predicted molar refractivity (Wildman–Crippen MR) is 74.9 cm³/mol. The number of nitrogens with zero attached hydrogens (tertiary/aromatic N) is 2. The zero-order valence-corrected chi connectivity index (χ0v) is 12.0. The molecule has 1 heterocycles. The molecule has 2 aliphatic rings. The first-order chi connectivity index (χ1) is 9.22. The van der Waals surface area contributed by atoms with Gasteiger partial charge in [0.1, 0.15) is 6.29 Å². The summed E-state index contributed by atoms with van der Waals surface area (Å²) in [6, 6.07) is 0.373. The lowest BCUT2D eigenvalue weighted by atomic mass is 9.94. The van der Waals surface area contributed by atoms with Crippen molar-refractivity contribution >= 4 is 12.2 Å². The maximum absolute atomic E-state index is 12.3. The minimum atomic E-state index is -0.0440. The predicted octanol–water partition coefficient (Wildman–Crippen LogP) is 1.83. The highest BCUT2D eigenvalue weighted by molar-refractivity contribution is 5.79. The maximum Gasteiger partial charge on any atom is 0.236 e. The Kier molecular flexibility index (Phi) is 5.37. The third-order valence-electron chi connectivity index (χ3n) is 4.68. The van der Waals surface area contributed by atoms with Crippen LogP contribution in [0.3, 0.4) is 0 Å². The van der Waals surface area contributed by atoms with Gasteiger partial charge in [-0.2, -0.15) is 0 Å². The lowest BCUT2D eigenvalue weighted by Crippen LogP contribution is -2.49. The zero-order chi connectivity index (χ0) is 13.7. The number of piperidine rings is 1. The van der Waals surface area contributed by atoms with Crippen molar-refractivity contribution in [3.05, 3.63) is 0 Å². The van der Waals surface area contributed by atoms with Gasteiger partial charge in [-0.3, -0.25) is 9.69 Å². The van der Waals surface area contributed by atoms with Crippen molar-refractivity contribution in [3.63, 3.8) is 0 Å². The van der Waals surface area contributed by atoms with Gasteiger partial charge in [-0.05, 0) is 32.2 Å². The second kappa shape index (κ2) is 7.04. The molecule has 0 bridgehead atoms. The van der Waals surface area contributed by atoms with Crippen LogP contribution in [-0.2, 0) is 9.59 Å². The fraction of sp³-hybridized carbons (Fsp3) is 0.867. The quantitative estimate of drug-likeness (QED) is 0.729. The molecule has 19 heavy (non-hydrogen) atoms. The molecule has 108 valence electrons. The van der Waals surface area contributed by atoms with E-state index >= 15 is 0 Å². The molecule has 1 aliphatic carbocycles. The highest BCUT2D eigenvalue weighted by Crippen LogP contribution is 2.22. The van der Waals surface area contributed by atoms with E-state index in [1.807, 2.05) is 11.9 Å². The largest absolute Gasteiger partial charge is 0.342 e. The molecule has 1 atom stereocenters. The summed E-state index contributed by atoms with van der Waals surface area (Å²) < 4.78 is 0. The second-order valence-electron chi connectivity index (χ2n) is 5.97. The van der Waals surface area contributed by atoms with Crippen LogP contribution in [0.2, 0.25) is 0 Å².